The topological polar surface area (TPSA) is 148 Å². The molecule has 0 radical (unpaired) electrons. The van der Waals surface area contributed by atoms with Gasteiger partial charge in [0.25, 0.3) is 0 Å². The Kier molecular flexibility index (Phi) is 4.92. The lowest BCUT2D eigenvalue weighted by Crippen LogP contribution is -2.14. The van der Waals surface area contributed by atoms with Gasteiger partial charge >= 0.3 is 12.1 Å². The molecule has 0 aliphatic heterocycles. The van der Waals surface area contributed by atoms with Crippen LogP contribution in [0, 0.1) is 0 Å². The van der Waals surface area contributed by atoms with Crippen LogP contribution in [0.15, 0.2) is 42.6 Å². The largest absolute Gasteiger partial charge is 0.477 e. The number of anilines is 1. The zero-order valence-corrected chi connectivity index (χ0v) is 15.3. The van der Waals surface area contributed by atoms with E-state index in [1.165, 1.54) is 24.4 Å². The van der Waals surface area contributed by atoms with Crippen LogP contribution in [-0.4, -0.2) is 52.4 Å². The van der Waals surface area contributed by atoms with Crippen LogP contribution in [0.25, 0.3) is 10.9 Å². The standard InChI is InChI=1S/C17H15N3O7S/c1-28(25,26)9-19-11-3-5-15(18-8-11)27-12-4-2-10-6-14(16(21)22)20(17(23)24)13(10)7-12/h2-8,19H,9H2,1H3,(H,21,22)(H,23,24). The first kappa shape index (κ1) is 19.2. The van der Waals surface area contributed by atoms with Gasteiger partial charge in [-0.25, -0.2) is 27.6 Å². The summed E-state index contributed by atoms with van der Waals surface area (Å²) in [6, 6.07) is 8.84. The van der Waals surface area contributed by atoms with E-state index in [2.05, 4.69) is 10.3 Å². The fourth-order valence-corrected chi connectivity index (χ4v) is 2.92. The first-order valence-electron chi connectivity index (χ1n) is 7.81. The molecule has 0 saturated carbocycles. The van der Waals surface area contributed by atoms with Gasteiger partial charge in [-0.1, -0.05) is 0 Å². The second-order valence-corrected chi connectivity index (χ2v) is 8.05. The first-order valence-corrected chi connectivity index (χ1v) is 9.88. The molecule has 11 heteroatoms. The molecule has 0 aliphatic rings. The monoisotopic (exact) mass is 405 g/mol. The summed E-state index contributed by atoms with van der Waals surface area (Å²) in [5.41, 5.74) is 0.270. The Morgan fingerprint density at radius 2 is 1.93 bits per heavy atom. The molecule has 1 aromatic carbocycles. The summed E-state index contributed by atoms with van der Waals surface area (Å²) in [5.74, 6) is -1.14. The highest BCUT2D eigenvalue weighted by molar-refractivity contribution is 7.90. The number of nitrogens with zero attached hydrogens (tertiary/aromatic N) is 2. The number of hydrogen-bond donors (Lipinski definition) is 3. The molecular weight excluding hydrogens is 390 g/mol. The predicted molar refractivity (Wildman–Crippen MR) is 100.0 cm³/mol. The smallest absolute Gasteiger partial charge is 0.416 e. The van der Waals surface area contributed by atoms with E-state index in [0.29, 0.717) is 15.6 Å². The van der Waals surface area contributed by atoms with Crippen molar-refractivity contribution in [2.75, 3.05) is 17.4 Å². The van der Waals surface area contributed by atoms with Crippen molar-refractivity contribution in [2.24, 2.45) is 0 Å². The van der Waals surface area contributed by atoms with Gasteiger partial charge in [0.2, 0.25) is 5.88 Å². The van der Waals surface area contributed by atoms with Gasteiger partial charge in [-0.05, 0) is 24.3 Å². The summed E-state index contributed by atoms with van der Waals surface area (Å²) in [7, 11) is -3.18. The molecule has 0 aliphatic carbocycles. The van der Waals surface area contributed by atoms with Crippen molar-refractivity contribution in [3.63, 3.8) is 0 Å². The molecule has 28 heavy (non-hydrogen) atoms. The normalized spacial score (nSPS) is 11.3. The van der Waals surface area contributed by atoms with E-state index in [1.807, 2.05) is 0 Å². The van der Waals surface area contributed by atoms with Crippen LogP contribution >= 0.6 is 0 Å². The highest BCUT2D eigenvalue weighted by Crippen LogP contribution is 2.27. The fourth-order valence-electron chi connectivity index (χ4n) is 2.49. The molecule has 2 heterocycles. The number of fused-ring (bicyclic) bond motifs is 1. The summed E-state index contributed by atoms with van der Waals surface area (Å²) in [6.07, 6.45) is 1.06. The number of sulfone groups is 1. The van der Waals surface area contributed by atoms with E-state index in [1.54, 1.807) is 18.2 Å². The maximum Gasteiger partial charge on any atom is 0.416 e. The number of pyridine rings is 1. The maximum atomic E-state index is 11.4. The second kappa shape index (κ2) is 7.19. The van der Waals surface area contributed by atoms with Gasteiger partial charge in [-0.2, -0.15) is 0 Å². The number of carboxylic acid groups (broad SMARTS) is 2. The second-order valence-electron chi connectivity index (χ2n) is 5.91. The lowest BCUT2D eigenvalue weighted by atomic mass is 10.2. The van der Waals surface area contributed by atoms with Crippen molar-refractivity contribution >= 4 is 38.5 Å². The summed E-state index contributed by atoms with van der Waals surface area (Å²) >= 11 is 0. The fraction of sp³-hybridized carbons (Fsp3) is 0.118. The van der Waals surface area contributed by atoms with Crippen LogP contribution in [-0.2, 0) is 9.84 Å². The Labute approximate surface area is 158 Å². The lowest BCUT2D eigenvalue weighted by molar-refractivity contribution is 0.0684. The number of rotatable bonds is 6. The van der Waals surface area contributed by atoms with Gasteiger partial charge in [-0.15, -0.1) is 0 Å². The summed E-state index contributed by atoms with van der Waals surface area (Å²) in [6.45, 7) is 0. The maximum absolute atomic E-state index is 11.4. The highest BCUT2D eigenvalue weighted by Gasteiger charge is 2.19. The molecule has 0 bridgehead atoms. The van der Waals surface area contributed by atoms with Crippen molar-refractivity contribution in [3.05, 3.63) is 48.3 Å². The van der Waals surface area contributed by atoms with Crippen LogP contribution in [0.3, 0.4) is 0 Å². The van der Waals surface area contributed by atoms with Gasteiger partial charge in [0.05, 0.1) is 17.4 Å². The molecule has 0 fully saturated rings. The minimum absolute atomic E-state index is 0.161. The van der Waals surface area contributed by atoms with Gasteiger partial charge in [0.1, 0.15) is 17.3 Å². The van der Waals surface area contributed by atoms with Crippen molar-refractivity contribution < 1.29 is 33.0 Å². The predicted octanol–water partition coefficient (Wildman–Crippen LogP) is 2.47. The number of carboxylic acids is 1. The zero-order chi connectivity index (χ0) is 20.5. The molecule has 0 saturated heterocycles. The van der Waals surface area contributed by atoms with E-state index in [-0.39, 0.29) is 28.7 Å². The third-order valence-electron chi connectivity index (χ3n) is 3.68. The van der Waals surface area contributed by atoms with Gasteiger partial charge in [-0.3, -0.25) is 0 Å². The number of nitrogens with one attached hydrogen (secondary N) is 1. The first-order chi connectivity index (χ1) is 13.1. The molecule has 3 aromatic rings. The van der Waals surface area contributed by atoms with Crippen molar-refractivity contribution in [2.45, 2.75) is 0 Å². The number of hydrogen-bond acceptors (Lipinski definition) is 7. The molecule has 0 spiro atoms. The van der Waals surface area contributed by atoms with Crippen LogP contribution in [0.5, 0.6) is 11.6 Å². The third kappa shape index (κ3) is 4.20. The quantitative estimate of drug-likeness (QED) is 0.562. The van der Waals surface area contributed by atoms with Crippen molar-refractivity contribution in [1.29, 1.82) is 0 Å². The average Bonchev–Trinajstić information content (AvgIpc) is 3.00. The summed E-state index contributed by atoms with van der Waals surface area (Å²) in [4.78, 5) is 26.7. The minimum Gasteiger partial charge on any atom is -0.477 e. The van der Waals surface area contributed by atoms with Crippen LogP contribution in [0.4, 0.5) is 10.5 Å². The summed E-state index contributed by atoms with van der Waals surface area (Å²) < 4.78 is 28.5. The Balaban J connectivity index is 1.85. The highest BCUT2D eigenvalue weighted by atomic mass is 32.2. The molecular formula is C17H15N3O7S. The Hall–Kier alpha value is -3.60. The molecule has 10 nitrogen and oxygen atoms in total. The van der Waals surface area contributed by atoms with Crippen LogP contribution < -0.4 is 10.1 Å². The van der Waals surface area contributed by atoms with Crippen LogP contribution in [0.1, 0.15) is 10.5 Å². The molecule has 0 unspecified atom stereocenters. The average molecular weight is 405 g/mol. The van der Waals surface area contributed by atoms with E-state index in [4.69, 9.17) is 4.74 Å². The molecule has 0 amide bonds. The van der Waals surface area contributed by atoms with Gasteiger partial charge < -0.3 is 20.3 Å². The van der Waals surface area contributed by atoms with E-state index >= 15 is 0 Å². The SMILES string of the molecule is CS(=O)(=O)CNc1ccc(Oc2ccc3cc(C(=O)O)n(C(=O)O)c3c2)nc1. The third-order valence-corrected chi connectivity index (χ3v) is 4.35. The molecule has 3 N–H and O–H groups in total. The Morgan fingerprint density at radius 3 is 2.50 bits per heavy atom. The number of benzene rings is 1. The van der Waals surface area contributed by atoms with Crippen LogP contribution in [0.2, 0.25) is 0 Å². The lowest BCUT2D eigenvalue weighted by Gasteiger charge is -2.08. The summed E-state index contributed by atoms with van der Waals surface area (Å²) in [5, 5.41) is 21.6. The van der Waals surface area contributed by atoms with E-state index < -0.39 is 21.9 Å². The number of aromatic carboxylic acids is 1. The Bertz CT molecular complexity index is 1170. The van der Waals surface area contributed by atoms with E-state index in [9.17, 15) is 28.2 Å². The van der Waals surface area contributed by atoms with Crippen molar-refractivity contribution in [1.82, 2.24) is 9.55 Å². The Morgan fingerprint density at radius 1 is 1.18 bits per heavy atom. The van der Waals surface area contributed by atoms with Gasteiger partial charge in [0.15, 0.2) is 9.84 Å². The number of carbonyl (C=O) groups is 2. The van der Waals surface area contributed by atoms with Crippen molar-refractivity contribution in [3.8, 4) is 11.6 Å². The molecule has 146 valence electrons. The molecule has 2 aromatic heterocycles. The zero-order valence-electron chi connectivity index (χ0n) is 14.5. The van der Waals surface area contributed by atoms with Gasteiger partial charge in [0, 0.05) is 23.8 Å². The minimum atomic E-state index is -3.18. The van der Waals surface area contributed by atoms with E-state index in [0.717, 1.165) is 6.26 Å². The number of aromatic nitrogens is 2. The number of ether oxygens (including phenoxy) is 1. The molecule has 0 atom stereocenters. The molecule has 3 rings (SSSR count).